The summed E-state index contributed by atoms with van der Waals surface area (Å²) >= 11 is 5.76. The molecule has 0 bridgehead atoms. The highest BCUT2D eigenvalue weighted by molar-refractivity contribution is 6.18. The highest BCUT2D eigenvalue weighted by Crippen LogP contribution is 2.17. The number of halogens is 1. The molecule has 6 heteroatoms. The molecule has 0 amide bonds. The Morgan fingerprint density at radius 2 is 2.57 bits per heavy atom. The minimum absolute atomic E-state index is 0.212. The van der Waals surface area contributed by atoms with Crippen LogP contribution in [-0.4, -0.2) is 20.0 Å². The van der Waals surface area contributed by atoms with E-state index in [-0.39, 0.29) is 12.6 Å². The molecule has 2 heterocycles. The Morgan fingerprint density at radius 1 is 1.79 bits per heavy atom. The Bertz CT molecular complexity index is 474. The van der Waals surface area contributed by atoms with E-state index in [1.165, 1.54) is 17.3 Å². The van der Waals surface area contributed by atoms with E-state index in [9.17, 15) is 4.79 Å². The molecular formula is C8H8ClN3O2. The molecule has 0 radical (unpaired) electrons. The molecule has 0 fully saturated rings. The van der Waals surface area contributed by atoms with E-state index < -0.39 is 0 Å². The summed E-state index contributed by atoms with van der Waals surface area (Å²) in [6.45, 7) is 1.58. The van der Waals surface area contributed by atoms with Gasteiger partial charge in [0.1, 0.15) is 18.5 Å². The summed E-state index contributed by atoms with van der Waals surface area (Å²) in [5.74, 6) is -0.315. The number of nitrogens with one attached hydrogen (secondary N) is 1. The quantitative estimate of drug-likeness (QED) is 0.768. The number of fused-ring (bicyclic) bond motifs is 1. The van der Waals surface area contributed by atoms with Gasteiger partial charge in [-0.3, -0.25) is 4.79 Å². The number of hydrogen-bond acceptors (Lipinski definition) is 3. The second kappa shape index (κ2) is 3.34. The van der Waals surface area contributed by atoms with Crippen molar-refractivity contribution in [3.8, 4) is 0 Å². The molecule has 0 aliphatic rings. The maximum atomic E-state index is 10.6. The Morgan fingerprint density at radius 3 is 3.29 bits per heavy atom. The summed E-state index contributed by atoms with van der Waals surface area (Å²) in [7, 11) is 0. The summed E-state index contributed by atoms with van der Waals surface area (Å²) in [6, 6.07) is 0. The molecular weight excluding hydrogens is 206 g/mol. The maximum Gasteiger partial charge on any atom is 0.302 e. The zero-order valence-electron chi connectivity index (χ0n) is 7.45. The first-order chi connectivity index (χ1) is 6.68. The summed E-state index contributed by atoms with van der Waals surface area (Å²) in [5, 5.41) is 0. The SMILES string of the molecule is CC(=O)OCc1c[nH]c2c1ncn2Cl. The molecule has 1 N–H and O–H groups in total. The molecule has 0 unspecified atom stereocenters. The summed E-state index contributed by atoms with van der Waals surface area (Å²) in [5.41, 5.74) is 2.24. The smallest absolute Gasteiger partial charge is 0.302 e. The number of rotatable bonds is 2. The number of ether oxygens (including phenoxy) is 1. The first kappa shape index (κ1) is 9.08. The predicted octanol–water partition coefficient (Wildman–Crippen LogP) is 1.43. The van der Waals surface area contributed by atoms with E-state index in [1.54, 1.807) is 6.20 Å². The van der Waals surface area contributed by atoms with E-state index in [2.05, 4.69) is 9.97 Å². The van der Waals surface area contributed by atoms with Crippen LogP contribution in [-0.2, 0) is 16.1 Å². The number of H-pyrrole nitrogens is 1. The highest BCUT2D eigenvalue weighted by Gasteiger charge is 2.09. The Kier molecular flexibility index (Phi) is 2.17. The lowest BCUT2D eigenvalue weighted by molar-refractivity contribution is -0.142. The number of carbonyl (C=O) groups excluding carboxylic acids is 1. The van der Waals surface area contributed by atoms with Crippen molar-refractivity contribution in [1.29, 1.82) is 0 Å². The molecule has 14 heavy (non-hydrogen) atoms. The first-order valence-corrected chi connectivity index (χ1v) is 4.35. The predicted molar refractivity (Wildman–Crippen MR) is 50.8 cm³/mol. The van der Waals surface area contributed by atoms with Crippen LogP contribution in [0.2, 0.25) is 0 Å². The molecule has 0 aromatic carbocycles. The standard InChI is InChI=1S/C8H8ClN3O2/c1-5(13)14-3-6-2-10-8-7(6)11-4-12(8)9/h2,4,10H,3H2,1H3. The topological polar surface area (TPSA) is 59.9 Å². The van der Waals surface area contributed by atoms with Crippen LogP contribution in [0.1, 0.15) is 12.5 Å². The third kappa shape index (κ3) is 1.46. The molecule has 2 aromatic heterocycles. The van der Waals surface area contributed by atoms with Gasteiger partial charge in [0, 0.05) is 30.5 Å². The maximum absolute atomic E-state index is 10.6. The van der Waals surface area contributed by atoms with Gasteiger partial charge in [0.15, 0.2) is 5.65 Å². The van der Waals surface area contributed by atoms with Gasteiger partial charge in [-0.05, 0) is 0 Å². The lowest BCUT2D eigenvalue weighted by atomic mass is 10.3. The van der Waals surface area contributed by atoms with Crippen LogP contribution in [0.3, 0.4) is 0 Å². The lowest BCUT2D eigenvalue weighted by Crippen LogP contribution is -1.97. The first-order valence-electron chi connectivity index (χ1n) is 4.01. The van der Waals surface area contributed by atoms with Crippen LogP contribution in [0.5, 0.6) is 0 Å². The van der Waals surface area contributed by atoms with Gasteiger partial charge in [-0.15, -0.1) is 0 Å². The van der Waals surface area contributed by atoms with Crippen LogP contribution in [0.15, 0.2) is 12.5 Å². The van der Waals surface area contributed by atoms with Crippen molar-refractivity contribution >= 4 is 28.9 Å². The number of aromatic amines is 1. The molecule has 0 atom stereocenters. The molecule has 0 aliphatic carbocycles. The summed E-state index contributed by atoms with van der Waals surface area (Å²) in [4.78, 5) is 17.6. The second-order valence-electron chi connectivity index (χ2n) is 2.85. The van der Waals surface area contributed by atoms with Crippen LogP contribution in [0, 0.1) is 0 Å². The van der Waals surface area contributed by atoms with Gasteiger partial charge < -0.3 is 9.72 Å². The van der Waals surface area contributed by atoms with Crippen molar-refractivity contribution in [3.63, 3.8) is 0 Å². The number of aromatic nitrogens is 3. The fraction of sp³-hybridized carbons (Fsp3) is 0.250. The monoisotopic (exact) mass is 213 g/mol. The molecule has 2 aromatic rings. The molecule has 0 aliphatic heterocycles. The molecule has 0 saturated heterocycles. The second-order valence-corrected chi connectivity index (χ2v) is 3.21. The molecule has 5 nitrogen and oxygen atoms in total. The normalized spacial score (nSPS) is 10.7. The van der Waals surface area contributed by atoms with Crippen molar-refractivity contribution in [2.24, 2.45) is 0 Å². The minimum Gasteiger partial charge on any atom is -0.461 e. The molecule has 0 spiro atoms. The number of nitrogens with zero attached hydrogens (tertiary/aromatic N) is 2. The Labute approximate surface area is 84.7 Å². The van der Waals surface area contributed by atoms with Crippen LogP contribution >= 0.6 is 11.8 Å². The average molecular weight is 214 g/mol. The lowest BCUT2D eigenvalue weighted by Gasteiger charge is -1.97. The van der Waals surface area contributed by atoms with E-state index in [0.717, 1.165) is 11.1 Å². The zero-order chi connectivity index (χ0) is 10.1. The van der Waals surface area contributed by atoms with Crippen molar-refractivity contribution in [2.75, 3.05) is 0 Å². The van der Waals surface area contributed by atoms with E-state index >= 15 is 0 Å². The van der Waals surface area contributed by atoms with Crippen LogP contribution in [0.4, 0.5) is 0 Å². The summed E-state index contributed by atoms with van der Waals surface area (Å²) in [6.07, 6.45) is 3.21. The number of carbonyl (C=O) groups is 1. The van der Waals surface area contributed by atoms with E-state index in [4.69, 9.17) is 16.5 Å². The Hall–Kier alpha value is -1.49. The van der Waals surface area contributed by atoms with Gasteiger partial charge >= 0.3 is 5.97 Å². The summed E-state index contributed by atoms with van der Waals surface area (Å²) < 4.78 is 6.21. The van der Waals surface area contributed by atoms with Crippen molar-refractivity contribution < 1.29 is 9.53 Å². The van der Waals surface area contributed by atoms with Gasteiger partial charge in [-0.1, -0.05) is 0 Å². The number of hydrogen-bond donors (Lipinski definition) is 1. The Balaban J connectivity index is 2.29. The fourth-order valence-corrected chi connectivity index (χ4v) is 1.38. The third-order valence-electron chi connectivity index (χ3n) is 1.84. The van der Waals surface area contributed by atoms with Crippen LogP contribution in [0.25, 0.3) is 11.2 Å². The van der Waals surface area contributed by atoms with Gasteiger partial charge in [0.2, 0.25) is 0 Å². The fourth-order valence-electron chi connectivity index (χ4n) is 1.21. The van der Waals surface area contributed by atoms with Crippen molar-refractivity contribution in [3.05, 3.63) is 18.1 Å². The number of esters is 1. The van der Waals surface area contributed by atoms with Gasteiger partial charge in [-0.2, -0.15) is 0 Å². The minimum atomic E-state index is -0.315. The van der Waals surface area contributed by atoms with E-state index in [1.807, 2.05) is 0 Å². The van der Waals surface area contributed by atoms with E-state index in [0.29, 0.717) is 5.65 Å². The molecule has 2 rings (SSSR count). The largest absolute Gasteiger partial charge is 0.461 e. The van der Waals surface area contributed by atoms with Crippen LogP contribution < -0.4 is 0 Å². The zero-order valence-corrected chi connectivity index (χ0v) is 8.21. The van der Waals surface area contributed by atoms with Crippen molar-refractivity contribution in [2.45, 2.75) is 13.5 Å². The molecule has 0 saturated carbocycles. The average Bonchev–Trinajstić information content (AvgIpc) is 2.66. The highest BCUT2D eigenvalue weighted by atomic mass is 35.5. The van der Waals surface area contributed by atoms with Gasteiger partial charge in [0.05, 0.1) is 0 Å². The van der Waals surface area contributed by atoms with Gasteiger partial charge in [-0.25, -0.2) is 9.07 Å². The third-order valence-corrected chi connectivity index (χ3v) is 2.10. The van der Waals surface area contributed by atoms with Gasteiger partial charge in [0.25, 0.3) is 0 Å². The number of imidazole rings is 1. The molecule has 74 valence electrons. The van der Waals surface area contributed by atoms with Crippen molar-refractivity contribution in [1.82, 2.24) is 14.1 Å².